The van der Waals surface area contributed by atoms with Crippen molar-refractivity contribution in [3.05, 3.63) is 24.3 Å². The van der Waals surface area contributed by atoms with Crippen LogP contribution in [0.25, 0.3) is 0 Å². The quantitative estimate of drug-likeness (QED) is 0.874. The predicted octanol–water partition coefficient (Wildman–Crippen LogP) is 3.21. The second kappa shape index (κ2) is 7.02. The molecule has 1 aliphatic heterocycles. The molecule has 2 amide bonds. The largest absolute Gasteiger partial charge is 0.372 e. The van der Waals surface area contributed by atoms with Crippen LogP contribution in [0.4, 0.5) is 16.2 Å². The lowest BCUT2D eigenvalue weighted by Gasteiger charge is -2.28. The van der Waals surface area contributed by atoms with Gasteiger partial charge in [-0.2, -0.15) is 0 Å². The van der Waals surface area contributed by atoms with Gasteiger partial charge in [0.1, 0.15) is 0 Å². The molecule has 1 fully saturated rings. The number of anilines is 2. The van der Waals surface area contributed by atoms with E-state index in [4.69, 9.17) is 0 Å². The molecule has 1 heterocycles. The van der Waals surface area contributed by atoms with Crippen LogP contribution in [0.5, 0.6) is 0 Å². The Morgan fingerprint density at radius 1 is 1.16 bits per heavy atom. The minimum absolute atomic E-state index is 0.132. The summed E-state index contributed by atoms with van der Waals surface area (Å²) >= 11 is 0. The minimum Gasteiger partial charge on any atom is -0.372 e. The highest BCUT2D eigenvalue weighted by molar-refractivity contribution is 5.89. The molecule has 1 aliphatic rings. The van der Waals surface area contributed by atoms with Crippen molar-refractivity contribution in [1.29, 1.82) is 0 Å². The van der Waals surface area contributed by atoms with Crippen molar-refractivity contribution in [2.45, 2.75) is 32.6 Å². The third-order valence-corrected chi connectivity index (χ3v) is 3.38. The Kier molecular flexibility index (Phi) is 5.07. The van der Waals surface area contributed by atoms with Crippen LogP contribution in [0, 0.1) is 0 Å². The molecule has 0 aliphatic carbocycles. The SMILES string of the molecule is CCCNC(=O)Nc1ccc(N2CCCCC2)cc1. The van der Waals surface area contributed by atoms with Gasteiger partial charge in [0.25, 0.3) is 0 Å². The number of hydrogen-bond donors (Lipinski definition) is 2. The number of rotatable bonds is 4. The maximum absolute atomic E-state index is 11.5. The van der Waals surface area contributed by atoms with Crippen LogP contribution in [0.2, 0.25) is 0 Å². The van der Waals surface area contributed by atoms with Crippen LogP contribution in [0.3, 0.4) is 0 Å². The third-order valence-electron chi connectivity index (χ3n) is 3.38. The molecule has 0 radical (unpaired) electrons. The fourth-order valence-electron chi connectivity index (χ4n) is 2.32. The van der Waals surface area contributed by atoms with Gasteiger partial charge in [-0.1, -0.05) is 6.92 Å². The number of carbonyl (C=O) groups excluding carboxylic acids is 1. The Morgan fingerprint density at radius 2 is 1.84 bits per heavy atom. The van der Waals surface area contributed by atoms with Gasteiger partial charge in [0.15, 0.2) is 0 Å². The summed E-state index contributed by atoms with van der Waals surface area (Å²) in [6.07, 6.45) is 4.84. The Hall–Kier alpha value is -1.71. The molecule has 0 unspecified atom stereocenters. The zero-order chi connectivity index (χ0) is 13.5. The Balaban J connectivity index is 1.88. The molecule has 0 spiro atoms. The first kappa shape index (κ1) is 13.7. The molecule has 0 saturated carbocycles. The Bertz CT molecular complexity index is 396. The van der Waals surface area contributed by atoms with Crippen LogP contribution in [0.1, 0.15) is 32.6 Å². The summed E-state index contributed by atoms with van der Waals surface area (Å²) in [7, 11) is 0. The number of benzene rings is 1. The monoisotopic (exact) mass is 261 g/mol. The number of carbonyl (C=O) groups is 1. The van der Waals surface area contributed by atoms with Gasteiger partial charge in [0.2, 0.25) is 0 Å². The molecular weight excluding hydrogens is 238 g/mol. The van der Waals surface area contributed by atoms with Gasteiger partial charge in [-0.15, -0.1) is 0 Å². The van der Waals surface area contributed by atoms with Gasteiger partial charge in [-0.25, -0.2) is 4.79 Å². The summed E-state index contributed by atoms with van der Waals surface area (Å²) in [5, 5.41) is 5.64. The summed E-state index contributed by atoms with van der Waals surface area (Å²) in [5.74, 6) is 0. The van der Waals surface area contributed by atoms with Gasteiger partial charge >= 0.3 is 6.03 Å². The van der Waals surface area contributed by atoms with E-state index in [1.165, 1.54) is 24.9 Å². The third kappa shape index (κ3) is 4.16. The number of nitrogens with one attached hydrogen (secondary N) is 2. The van der Waals surface area contributed by atoms with Crippen LogP contribution >= 0.6 is 0 Å². The van der Waals surface area contributed by atoms with E-state index in [0.717, 1.165) is 25.2 Å². The smallest absolute Gasteiger partial charge is 0.319 e. The first-order valence-electron chi connectivity index (χ1n) is 7.19. The molecule has 1 aromatic rings. The van der Waals surface area contributed by atoms with Gasteiger partial charge in [0.05, 0.1) is 0 Å². The average Bonchev–Trinajstić information content (AvgIpc) is 2.47. The van der Waals surface area contributed by atoms with Gasteiger partial charge in [0, 0.05) is 31.0 Å². The number of nitrogens with zero attached hydrogens (tertiary/aromatic N) is 1. The van der Waals surface area contributed by atoms with E-state index in [2.05, 4.69) is 27.7 Å². The summed E-state index contributed by atoms with van der Waals surface area (Å²) in [6, 6.07) is 7.97. The zero-order valence-electron chi connectivity index (χ0n) is 11.6. The lowest BCUT2D eigenvalue weighted by molar-refractivity contribution is 0.252. The number of piperidine rings is 1. The van der Waals surface area contributed by atoms with Crippen molar-refractivity contribution in [3.8, 4) is 0 Å². The molecule has 2 rings (SSSR count). The number of amides is 2. The van der Waals surface area contributed by atoms with E-state index in [9.17, 15) is 4.79 Å². The summed E-state index contributed by atoms with van der Waals surface area (Å²) in [6.45, 7) is 5.03. The van der Waals surface area contributed by atoms with Crippen LogP contribution in [-0.2, 0) is 0 Å². The molecule has 1 saturated heterocycles. The van der Waals surface area contributed by atoms with E-state index in [1.54, 1.807) is 0 Å². The van der Waals surface area contributed by atoms with Gasteiger partial charge < -0.3 is 15.5 Å². The van der Waals surface area contributed by atoms with Crippen molar-refractivity contribution in [1.82, 2.24) is 5.32 Å². The first-order chi connectivity index (χ1) is 9.29. The number of hydrogen-bond acceptors (Lipinski definition) is 2. The van der Waals surface area contributed by atoms with Crippen molar-refractivity contribution >= 4 is 17.4 Å². The maximum atomic E-state index is 11.5. The van der Waals surface area contributed by atoms with Gasteiger partial charge in [-0.3, -0.25) is 0 Å². The molecular formula is C15H23N3O. The highest BCUT2D eigenvalue weighted by Crippen LogP contribution is 2.21. The summed E-state index contributed by atoms with van der Waals surface area (Å²) in [5.41, 5.74) is 2.09. The fraction of sp³-hybridized carbons (Fsp3) is 0.533. The van der Waals surface area contributed by atoms with Crippen LogP contribution in [0.15, 0.2) is 24.3 Å². The minimum atomic E-state index is -0.132. The summed E-state index contributed by atoms with van der Waals surface area (Å²) < 4.78 is 0. The highest BCUT2D eigenvalue weighted by atomic mass is 16.2. The van der Waals surface area contributed by atoms with E-state index in [0.29, 0.717) is 6.54 Å². The normalized spacial score (nSPS) is 15.1. The molecule has 2 N–H and O–H groups in total. The first-order valence-corrected chi connectivity index (χ1v) is 7.19. The molecule has 0 atom stereocenters. The highest BCUT2D eigenvalue weighted by Gasteiger charge is 2.10. The van der Waals surface area contributed by atoms with Crippen LogP contribution < -0.4 is 15.5 Å². The van der Waals surface area contributed by atoms with E-state index < -0.39 is 0 Å². The molecule has 19 heavy (non-hydrogen) atoms. The number of urea groups is 1. The van der Waals surface area contributed by atoms with Crippen molar-refractivity contribution < 1.29 is 4.79 Å². The molecule has 0 bridgehead atoms. The van der Waals surface area contributed by atoms with E-state index in [1.807, 2.05) is 19.1 Å². The topological polar surface area (TPSA) is 44.4 Å². The van der Waals surface area contributed by atoms with Crippen LogP contribution in [-0.4, -0.2) is 25.7 Å². The van der Waals surface area contributed by atoms with E-state index >= 15 is 0 Å². The van der Waals surface area contributed by atoms with Crippen molar-refractivity contribution in [3.63, 3.8) is 0 Å². The lowest BCUT2D eigenvalue weighted by atomic mass is 10.1. The molecule has 0 aromatic heterocycles. The fourth-order valence-corrected chi connectivity index (χ4v) is 2.32. The van der Waals surface area contributed by atoms with Crippen molar-refractivity contribution in [2.75, 3.05) is 29.9 Å². The maximum Gasteiger partial charge on any atom is 0.319 e. The lowest BCUT2D eigenvalue weighted by Crippen LogP contribution is -2.30. The van der Waals surface area contributed by atoms with E-state index in [-0.39, 0.29) is 6.03 Å². The molecule has 104 valence electrons. The second-order valence-electron chi connectivity index (χ2n) is 4.98. The average molecular weight is 261 g/mol. The molecule has 4 nitrogen and oxygen atoms in total. The standard InChI is InChI=1S/C15H23N3O/c1-2-10-16-15(19)17-13-6-8-14(9-7-13)18-11-4-3-5-12-18/h6-9H,2-5,10-12H2,1H3,(H2,16,17,19). The molecule has 4 heteroatoms. The Labute approximate surface area is 115 Å². The Morgan fingerprint density at radius 3 is 2.47 bits per heavy atom. The predicted molar refractivity (Wildman–Crippen MR) is 79.8 cm³/mol. The molecule has 1 aromatic carbocycles. The van der Waals surface area contributed by atoms with Crippen molar-refractivity contribution in [2.24, 2.45) is 0 Å². The second-order valence-corrected chi connectivity index (χ2v) is 4.98. The zero-order valence-corrected chi connectivity index (χ0v) is 11.6. The summed E-state index contributed by atoms with van der Waals surface area (Å²) in [4.78, 5) is 13.9. The van der Waals surface area contributed by atoms with Gasteiger partial charge in [-0.05, 0) is 49.9 Å².